The maximum Gasteiger partial charge on any atom is 0.308 e. The van der Waals surface area contributed by atoms with Gasteiger partial charge >= 0.3 is 4.87 Å². The van der Waals surface area contributed by atoms with Crippen LogP contribution in [-0.2, 0) is 16.6 Å². The first-order valence-corrected chi connectivity index (χ1v) is 14.0. The highest BCUT2D eigenvalue weighted by atomic mass is 35.5. The van der Waals surface area contributed by atoms with Crippen molar-refractivity contribution in [2.24, 2.45) is 0 Å². The second-order valence-corrected chi connectivity index (χ2v) is 11.7. The Labute approximate surface area is 218 Å². The third-order valence-electron chi connectivity index (χ3n) is 6.05. The molecule has 0 saturated carbocycles. The lowest BCUT2D eigenvalue weighted by Gasteiger charge is -2.20. The minimum atomic E-state index is -3.90. The molecule has 0 amide bonds. The summed E-state index contributed by atoms with van der Waals surface area (Å²) in [6.45, 7) is 2.30. The zero-order chi connectivity index (χ0) is 25.3. The van der Waals surface area contributed by atoms with Crippen molar-refractivity contribution in [1.29, 1.82) is 0 Å². The smallest absolute Gasteiger partial charge is 0.294 e. The molecule has 8 heteroatoms. The molecule has 4 aromatic carbocycles. The highest BCUT2D eigenvalue weighted by Crippen LogP contribution is 2.28. The summed E-state index contributed by atoms with van der Waals surface area (Å²) in [6.07, 6.45) is 0. The summed E-state index contributed by atoms with van der Waals surface area (Å²) in [6, 6.07) is 28.8. The molecule has 0 radical (unpaired) electrons. The number of benzene rings is 4. The molecule has 182 valence electrons. The number of hydrogen-bond donors (Lipinski definition) is 1. The Kier molecular flexibility index (Phi) is 6.81. The van der Waals surface area contributed by atoms with E-state index in [4.69, 9.17) is 11.6 Å². The van der Waals surface area contributed by atoms with Gasteiger partial charge < -0.3 is 0 Å². The minimum Gasteiger partial charge on any atom is -0.294 e. The van der Waals surface area contributed by atoms with Crippen LogP contribution in [0.25, 0.3) is 10.2 Å². The molecule has 0 spiro atoms. The quantitative estimate of drug-likeness (QED) is 0.272. The van der Waals surface area contributed by atoms with Crippen LogP contribution >= 0.6 is 22.9 Å². The molecule has 1 heterocycles. The number of fused-ring (bicyclic) bond motifs is 1. The number of nitrogens with one attached hydrogen (secondary N) is 1. The van der Waals surface area contributed by atoms with Crippen molar-refractivity contribution in [2.45, 2.75) is 24.4 Å². The molecule has 1 unspecified atom stereocenters. The van der Waals surface area contributed by atoms with Crippen LogP contribution in [0.5, 0.6) is 0 Å². The van der Waals surface area contributed by atoms with Crippen molar-refractivity contribution in [2.75, 3.05) is 0 Å². The maximum absolute atomic E-state index is 13.5. The van der Waals surface area contributed by atoms with Gasteiger partial charge in [0.15, 0.2) is 0 Å². The summed E-state index contributed by atoms with van der Waals surface area (Å²) >= 11 is 7.31. The van der Waals surface area contributed by atoms with Gasteiger partial charge in [0.1, 0.15) is 0 Å². The number of aryl methyl sites for hydroxylation is 1. The zero-order valence-electron chi connectivity index (χ0n) is 19.4. The topological polar surface area (TPSA) is 68.2 Å². The average molecular weight is 535 g/mol. The van der Waals surface area contributed by atoms with E-state index in [1.54, 1.807) is 22.8 Å². The lowest BCUT2D eigenvalue weighted by molar-refractivity contribution is 0.572. The van der Waals surface area contributed by atoms with E-state index in [9.17, 15) is 13.2 Å². The highest BCUT2D eigenvalue weighted by molar-refractivity contribution is 7.89. The van der Waals surface area contributed by atoms with Gasteiger partial charge in [-0.3, -0.25) is 9.36 Å². The van der Waals surface area contributed by atoms with Crippen LogP contribution in [0.3, 0.4) is 0 Å². The summed E-state index contributed by atoms with van der Waals surface area (Å²) in [7, 11) is -3.90. The number of thiazole rings is 1. The van der Waals surface area contributed by atoms with Crippen LogP contribution in [0.15, 0.2) is 107 Å². The Morgan fingerprint density at radius 3 is 2.28 bits per heavy atom. The number of nitrogens with zero attached hydrogens (tertiary/aromatic N) is 1. The molecule has 1 N–H and O–H groups in total. The highest BCUT2D eigenvalue weighted by Gasteiger charge is 2.24. The lowest BCUT2D eigenvalue weighted by atomic mass is 9.99. The molecule has 1 atom stereocenters. The Morgan fingerprint density at radius 2 is 1.56 bits per heavy atom. The van der Waals surface area contributed by atoms with Gasteiger partial charge in [-0.25, -0.2) is 8.42 Å². The molecule has 0 aliphatic heterocycles. The number of rotatable bonds is 7. The fraction of sp³-hybridized carbons (Fsp3) is 0.107. The number of sulfonamides is 1. The molecule has 5 rings (SSSR count). The predicted molar refractivity (Wildman–Crippen MR) is 146 cm³/mol. The monoisotopic (exact) mass is 534 g/mol. The molecular weight excluding hydrogens is 512 g/mol. The van der Waals surface area contributed by atoms with Crippen LogP contribution < -0.4 is 9.60 Å². The van der Waals surface area contributed by atoms with Gasteiger partial charge in [-0.05, 0) is 47.9 Å². The van der Waals surface area contributed by atoms with Crippen LogP contribution in [0.1, 0.15) is 28.3 Å². The van der Waals surface area contributed by atoms with Gasteiger partial charge in [-0.1, -0.05) is 101 Å². The van der Waals surface area contributed by atoms with Crippen molar-refractivity contribution in [3.05, 3.63) is 134 Å². The predicted octanol–water partition coefficient (Wildman–Crippen LogP) is 6.14. The summed E-state index contributed by atoms with van der Waals surface area (Å²) in [5, 5.41) is 0.579. The van der Waals surface area contributed by atoms with E-state index in [0.29, 0.717) is 21.8 Å². The van der Waals surface area contributed by atoms with E-state index >= 15 is 0 Å². The Morgan fingerprint density at radius 1 is 0.889 bits per heavy atom. The van der Waals surface area contributed by atoms with Crippen molar-refractivity contribution in [3.63, 3.8) is 0 Å². The lowest BCUT2D eigenvalue weighted by Crippen LogP contribution is -2.29. The fourth-order valence-corrected chi connectivity index (χ4v) is 6.56. The Hall–Kier alpha value is -3.23. The molecule has 5 nitrogen and oxygen atoms in total. The fourth-order valence-electron chi connectivity index (χ4n) is 4.12. The third-order valence-corrected chi connectivity index (χ3v) is 8.78. The molecule has 0 saturated heterocycles. The van der Waals surface area contributed by atoms with Crippen molar-refractivity contribution < 1.29 is 8.42 Å². The summed E-state index contributed by atoms with van der Waals surface area (Å²) in [5.41, 5.74) is 4.26. The van der Waals surface area contributed by atoms with Crippen molar-refractivity contribution in [1.82, 2.24) is 9.29 Å². The average Bonchev–Trinajstić information content (AvgIpc) is 3.19. The first-order chi connectivity index (χ1) is 17.3. The van der Waals surface area contributed by atoms with Gasteiger partial charge in [0.2, 0.25) is 10.0 Å². The van der Waals surface area contributed by atoms with E-state index < -0.39 is 16.1 Å². The molecule has 0 aliphatic carbocycles. The van der Waals surface area contributed by atoms with E-state index in [-0.39, 0.29) is 9.77 Å². The van der Waals surface area contributed by atoms with Crippen LogP contribution in [0, 0.1) is 6.92 Å². The number of aromatic nitrogens is 1. The van der Waals surface area contributed by atoms with E-state index in [2.05, 4.69) is 4.72 Å². The summed E-state index contributed by atoms with van der Waals surface area (Å²) < 4.78 is 32.1. The Bertz CT molecular complexity index is 1690. The van der Waals surface area contributed by atoms with Crippen LogP contribution in [0.4, 0.5) is 0 Å². The van der Waals surface area contributed by atoms with E-state index in [0.717, 1.165) is 33.6 Å². The van der Waals surface area contributed by atoms with E-state index in [1.165, 1.54) is 6.07 Å². The molecular formula is C28H23ClN2O3S2. The summed E-state index contributed by atoms with van der Waals surface area (Å²) in [5.74, 6) is 0. The van der Waals surface area contributed by atoms with Crippen LogP contribution in [-0.4, -0.2) is 13.0 Å². The van der Waals surface area contributed by atoms with Crippen molar-refractivity contribution in [3.8, 4) is 0 Å². The minimum absolute atomic E-state index is 0.106. The standard InChI is InChI=1S/C28H23ClN2O3S2/c1-19-11-13-21(14-12-19)27(20-7-3-2-4-8-20)30-36(33,34)23-15-16-25-26(17-23)35-28(32)31(25)18-22-9-5-6-10-24(22)29/h2-17,27,30H,18H2,1H3. The second-order valence-electron chi connectivity index (χ2n) is 8.55. The molecule has 0 bridgehead atoms. The van der Waals surface area contributed by atoms with Gasteiger partial charge in [0.25, 0.3) is 0 Å². The first-order valence-electron chi connectivity index (χ1n) is 11.3. The molecule has 0 fully saturated rings. The third kappa shape index (κ3) is 5.01. The Balaban J connectivity index is 1.50. The molecule has 1 aromatic heterocycles. The zero-order valence-corrected chi connectivity index (χ0v) is 21.8. The molecule has 5 aromatic rings. The normalized spacial score (nSPS) is 12.6. The van der Waals surface area contributed by atoms with Gasteiger partial charge in [-0.2, -0.15) is 4.72 Å². The largest absolute Gasteiger partial charge is 0.308 e. The molecule has 36 heavy (non-hydrogen) atoms. The first kappa shape index (κ1) is 24.5. The van der Waals surface area contributed by atoms with Crippen LogP contribution in [0.2, 0.25) is 5.02 Å². The van der Waals surface area contributed by atoms with E-state index in [1.807, 2.05) is 79.7 Å². The molecule has 0 aliphatic rings. The maximum atomic E-state index is 13.5. The van der Waals surface area contributed by atoms with Gasteiger partial charge in [-0.15, -0.1) is 0 Å². The van der Waals surface area contributed by atoms with Crippen molar-refractivity contribution >= 4 is 43.2 Å². The van der Waals surface area contributed by atoms with Gasteiger partial charge in [0.05, 0.1) is 27.7 Å². The second kappa shape index (κ2) is 10.0. The summed E-state index contributed by atoms with van der Waals surface area (Å²) in [4.78, 5) is 12.7. The number of hydrogen-bond acceptors (Lipinski definition) is 4. The van der Waals surface area contributed by atoms with Gasteiger partial charge in [0, 0.05) is 5.02 Å². The number of halogens is 1. The SMILES string of the molecule is Cc1ccc(C(NS(=O)(=O)c2ccc3c(c2)sc(=O)n3Cc2ccccc2Cl)c2ccccc2)cc1.